The Labute approximate surface area is 876 Å². The summed E-state index contributed by atoms with van der Waals surface area (Å²) in [4.78, 5) is 148. The molecule has 2 atom stereocenters. The lowest BCUT2D eigenvalue weighted by Crippen LogP contribution is -2.50. The second kappa shape index (κ2) is 69.2. The van der Waals surface area contributed by atoms with Crippen LogP contribution in [0, 0.1) is 24.0 Å². The van der Waals surface area contributed by atoms with Crippen molar-refractivity contribution < 1.29 is 128 Å². The molecule has 4 aromatic carbocycles. The molecule has 3 saturated heterocycles. The number of carbonyl (C=O) groups is 10. The molecule has 826 valence electrons. The highest BCUT2D eigenvalue weighted by atomic mass is 19.1. The molecule has 149 heavy (non-hydrogen) atoms. The minimum atomic E-state index is -1.35. The van der Waals surface area contributed by atoms with Gasteiger partial charge in [-0.05, 0) is 182 Å². The maximum atomic E-state index is 16.0. The van der Waals surface area contributed by atoms with Gasteiger partial charge in [0.15, 0.2) is 5.78 Å². The number of hydrogen-bond donors (Lipinski definition) is 6. The molecular formula is C111H163F2N11O25. The fourth-order valence-corrected chi connectivity index (χ4v) is 18.3. The third kappa shape index (κ3) is 45.2. The molecule has 8 amide bonds. The maximum Gasteiger partial charge on any atom is 0.328 e. The zero-order chi connectivity index (χ0) is 107. The van der Waals surface area contributed by atoms with E-state index >= 15 is 8.78 Å². The third-order valence-corrected chi connectivity index (χ3v) is 27.0. The van der Waals surface area contributed by atoms with Crippen molar-refractivity contribution in [3.8, 4) is 28.3 Å². The van der Waals surface area contributed by atoms with Gasteiger partial charge in [0.25, 0.3) is 11.8 Å². The van der Waals surface area contributed by atoms with Crippen LogP contribution in [0.3, 0.4) is 0 Å². The third-order valence-electron chi connectivity index (χ3n) is 27.0. The molecule has 0 saturated carbocycles. The van der Waals surface area contributed by atoms with E-state index in [0.29, 0.717) is 229 Å². The number of carbonyl (C=O) groups excluding carboxylic acids is 9. The van der Waals surface area contributed by atoms with Gasteiger partial charge >= 0.3 is 18.0 Å². The smallest absolute Gasteiger partial charge is 0.328 e. The van der Waals surface area contributed by atoms with Gasteiger partial charge in [-0.3, -0.25) is 53.4 Å². The SMILES string of the molecule is CCCCCCCCCCCN(C(=O)CCCCCCCCCC(=O)O)C(CCC(=O)NCCOCCOCCOCCOCCOCCOCCOCCOCCOCCOCCOCCOCCC(=O)N[C@@H](C)CC(=O)OC(C)(C)c1ccc(C(=O)Nc2cc(F)cc(-c3ncnc4[nH]c(-c5ccc(CCN6CCC7(CC6)CCN(C(=O)c6ccc(OC)c(N8CCC(=O)NC8=O)c6)CC7)cc5)cc34)c2C)c(F)c1)C(C)=O. The molecule has 1 unspecified atom stereocenters. The van der Waals surface area contributed by atoms with Gasteiger partial charge in [-0.1, -0.05) is 121 Å². The number of rotatable bonds is 79. The molecule has 0 radical (unpaired) electrons. The van der Waals surface area contributed by atoms with E-state index < -0.39 is 53.2 Å². The van der Waals surface area contributed by atoms with Crippen LogP contribution in [-0.4, -0.2) is 324 Å². The minimum absolute atomic E-state index is 0.0331. The van der Waals surface area contributed by atoms with E-state index in [-0.39, 0.29) is 116 Å². The number of Topliss-reactive ketones (excluding diaryl/α,β-unsaturated/α-hetero) is 1. The zero-order valence-corrected chi connectivity index (χ0v) is 88.8. The number of piperidine rings is 2. The van der Waals surface area contributed by atoms with E-state index in [1.807, 2.05) is 11.0 Å². The number of nitrogens with zero attached hydrogens (tertiary/aromatic N) is 6. The highest BCUT2D eigenvalue weighted by Gasteiger charge is 2.40. The number of benzene rings is 4. The predicted molar refractivity (Wildman–Crippen MR) is 560 cm³/mol. The van der Waals surface area contributed by atoms with Crippen LogP contribution < -0.4 is 30.9 Å². The van der Waals surface area contributed by atoms with E-state index in [4.69, 9.17) is 71.4 Å². The summed E-state index contributed by atoms with van der Waals surface area (Å²) in [6, 6.07) is 19.9. The van der Waals surface area contributed by atoms with Crippen LogP contribution in [-0.2, 0) is 107 Å². The summed E-state index contributed by atoms with van der Waals surface area (Å²) in [6.07, 6.45) is 23.7. The van der Waals surface area contributed by atoms with Gasteiger partial charge in [0, 0.05) is 105 Å². The van der Waals surface area contributed by atoms with Crippen molar-refractivity contribution in [1.82, 2.24) is 45.6 Å². The number of amides is 8. The Kier molecular flexibility index (Phi) is 56.7. The molecule has 38 heteroatoms. The lowest BCUT2D eigenvalue weighted by Gasteiger charge is -2.47. The van der Waals surface area contributed by atoms with Crippen LogP contribution in [0.15, 0.2) is 85.2 Å². The number of aliphatic carboxylic acids is 1. The number of fused-ring (bicyclic) bond motifs is 1. The first-order chi connectivity index (χ1) is 72.2. The monoisotopic (exact) mass is 2090 g/mol. The minimum Gasteiger partial charge on any atom is -0.495 e. The normalized spacial score (nSPS) is 14.3. The van der Waals surface area contributed by atoms with Gasteiger partial charge < -0.3 is 107 Å². The number of aromatic amines is 1. The van der Waals surface area contributed by atoms with Crippen molar-refractivity contribution in [3.05, 3.63) is 125 Å². The molecule has 36 nitrogen and oxygen atoms in total. The number of urea groups is 1. The van der Waals surface area contributed by atoms with Crippen molar-refractivity contribution in [2.45, 2.75) is 239 Å². The molecule has 6 aromatic rings. The number of likely N-dealkylation sites (tertiary alicyclic amines) is 2. The average Bonchev–Trinajstić information content (AvgIpc) is 1.65. The summed E-state index contributed by atoms with van der Waals surface area (Å²) < 4.78 is 110. The standard InChI is InChI=1S/C111H163F2N11O25/c1-8-9-10-11-12-13-17-20-23-44-123(102(129)24-21-18-15-14-16-19-22-25-103(130)131)96(84(4)125)33-35-99(126)114-43-52-138-54-56-140-58-60-142-62-64-144-66-68-146-70-72-148-74-73-147-71-69-145-67-65-143-63-61-141-59-57-139-55-53-137-51-38-101(128)117-82(2)75-104(132)149-110(5,6)88-31-32-90(93(113)77-88)107(133)119-94-79-89(112)78-91(83(94)3)105-92-80-95(118-106(92)116-81-115-105)86-28-26-85(27-29-86)36-45-121-47-39-111(40-48-121)41-49-122(50-42-111)108(134)87-30-34-98(136-7)97(76-87)124-46-37-100(127)120-109(124)135/h26-32,34,76-82,96H,8-25,33,35-75H2,1-7H3,(H,114,126)(H,117,128)(H,119,133)(H,130,131)(H,115,116,118)(H,120,127,135)/t82-,96?/m0/s1. The van der Waals surface area contributed by atoms with Crippen LogP contribution in [0.1, 0.15) is 245 Å². The van der Waals surface area contributed by atoms with Gasteiger partial charge in [0.1, 0.15) is 35.0 Å². The summed E-state index contributed by atoms with van der Waals surface area (Å²) in [5.41, 5.74) is 4.45. The van der Waals surface area contributed by atoms with Gasteiger partial charge in [-0.15, -0.1) is 0 Å². The van der Waals surface area contributed by atoms with Crippen LogP contribution in [0.4, 0.5) is 25.0 Å². The van der Waals surface area contributed by atoms with Crippen LogP contribution in [0.5, 0.6) is 5.75 Å². The Bertz CT molecular complexity index is 5030. The first-order valence-corrected chi connectivity index (χ1v) is 53.6. The number of unbranched alkanes of at least 4 members (excludes halogenated alkanes) is 14. The Balaban J connectivity index is 0.514. The number of H-pyrrole nitrogens is 1. The quantitative estimate of drug-likeness (QED) is 0.0153. The predicted octanol–water partition coefficient (Wildman–Crippen LogP) is 15.2. The van der Waals surface area contributed by atoms with Crippen LogP contribution in [0.2, 0.25) is 0 Å². The average molecular weight is 2090 g/mol. The second-order valence-corrected chi connectivity index (χ2v) is 38.7. The number of ketones is 1. The summed E-state index contributed by atoms with van der Waals surface area (Å²) >= 11 is 0. The first-order valence-electron chi connectivity index (χ1n) is 53.6. The topological polar surface area (TPSA) is 423 Å². The number of carboxylic acid groups (broad SMARTS) is 1. The van der Waals surface area contributed by atoms with Crippen LogP contribution in [0.25, 0.3) is 33.5 Å². The molecule has 6 N–H and O–H groups in total. The number of anilines is 2. The molecule has 2 aromatic heterocycles. The number of ether oxygens (including phenoxy) is 14. The van der Waals surface area contributed by atoms with E-state index in [2.05, 4.69) is 72.3 Å². The van der Waals surface area contributed by atoms with Crippen LogP contribution >= 0.6 is 0 Å². The summed E-state index contributed by atoms with van der Waals surface area (Å²) in [6.45, 7) is 24.4. The van der Waals surface area contributed by atoms with E-state index in [9.17, 15) is 47.9 Å². The molecular weight excluding hydrogens is 1930 g/mol. The summed E-state index contributed by atoms with van der Waals surface area (Å²) in [5, 5.41) is 20.2. The van der Waals surface area contributed by atoms with E-state index in [1.165, 1.54) is 87.5 Å². The molecule has 3 aliphatic rings. The maximum absolute atomic E-state index is 16.0. The first kappa shape index (κ1) is 122. The van der Waals surface area contributed by atoms with E-state index in [0.717, 1.165) is 133 Å². The number of carboxylic acids is 1. The Morgan fingerprint density at radius 3 is 1.64 bits per heavy atom. The number of nitrogens with one attached hydrogen (secondary N) is 5. The lowest BCUT2D eigenvalue weighted by atomic mass is 9.71. The van der Waals surface area contributed by atoms with E-state index in [1.54, 1.807) is 50.8 Å². The molecule has 3 aliphatic heterocycles. The number of methoxy groups -OCH3 is 1. The fourth-order valence-electron chi connectivity index (χ4n) is 18.3. The number of esters is 1. The largest absolute Gasteiger partial charge is 0.495 e. The number of hydrogen-bond acceptors (Lipinski definition) is 27. The number of halogens is 2. The molecule has 5 heterocycles. The van der Waals surface area contributed by atoms with Gasteiger partial charge in [-0.2, -0.15) is 0 Å². The lowest BCUT2D eigenvalue weighted by molar-refractivity contribution is -0.158. The molecule has 0 bridgehead atoms. The fraction of sp³-hybridized carbons (Fsp3) is 0.640. The van der Waals surface area contributed by atoms with Crippen molar-refractivity contribution >= 4 is 81.6 Å². The number of imide groups is 1. The van der Waals surface area contributed by atoms with Gasteiger partial charge in [0.2, 0.25) is 23.6 Å². The Morgan fingerprint density at radius 2 is 1.11 bits per heavy atom. The van der Waals surface area contributed by atoms with Crippen molar-refractivity contribution in [2.24, 2.45) is 5.41 Å². The summed E-state index contributed by atoms with van der Waals surface area (Å²) in [5.74, 6) is -4.48. The molecule has 9 rings (SSSR count). The van der Waals surface area contributed by atoms with Crippen molar-refractivity contribution in [2.75, 3.05) is 228 Å². The van der Waals surface area contributed by atoms with Gasteiger partial charge in [-0.25, -0.2) is 23.5 Å². The molecule has 0 aliphatic carbocycles. The molecule has 1 spiro atoms. The molecule has 3 fully saturated rings. The van der Waals surface area contributed by atoms with Gasteiger partial charge in [0.05, 0.1) is 195 Å². The Morgan fingerprint density at radius 1 is 0.577 bits per heavy atom. The van der Waals surface area contributed by atoms with Crippen molar-refractivity contribution in [1.29, 1.82) is 0 Å². The summed E-state index contributed by atoms with van der Waals surface area (Å²) in [7, 11) is 1.51. The second-order valence-electron chi connectivity index (χ2n) is 38.7. The highest BCUT2D eigenvalue weighted by molar-refractivity contribution is 6.08. The zero-order valence-electron chi connectivity index (χ0n) is 88.8. The Hall–Kier alpha value is -10.5. The van der Waals surface area contributed by atoms with Crippen molar-refractivity contribution in [3.63, 3.8) is 0 Å². The number of aromatic nitrogens is 3. The highest BCUT2D eigenvalue weighted by Crippen LogP contribution is 2.43.